The van der Waals surface area contributed by atoms with Gasteiger partial charge >= 0.3 is 0 Å². The molecular formula is C29H26Cl2FN5OS. The molecule has 1 aliphatic heterocycles. The van der Waals surface area contributed by atoms with Gasteiger partial charge in [0.15, 0.2) is 5.11 Å². The van der Waals surface area contributed by atoms with E-state index in [4.69, 9.17) is 35.4 Å². The van der Waals surface area contributed by atoms with Gasteiger partial charge in [-0.3, -0.25) is 9.78 Å². The number of rotatable bonds is 7. The molecule has 0 saturated carbocycles. The molecule has 39 heavy (non-hydrogen) atoms. The van der Waals surface area contributed by atoms with E-state index in [9.17, 15) is 9.18 Å². The lowest BCUT2D eigenvalue weighted by Crippen LogP contribution is -2.33. The smallest absolute Gasteiger partial charge is 0.226 e. The van der Waals surface area contributed by atoms with Crippen molar-refractivity contribution >= 4 is 52.1 Å². The first-order valence-electron chi connectivity index (χ1n) is 12.4. The lowest BCUT2D eigenvalue weighted by Gasteiger charge is -2.28. The zero-order chi connectivity index (χ0) is 27.7. The molecule has 1 saturated heterocycles. The van der Waals surface area contributed by atoms with Gasteiger partial charge in [0.1, 0.15) is 5.82 Å². The summed E-state index contributed by atoms with van der Waals surface area (Å²) in [6.45, 7) is 4.38. The second-order valence-electron chi connectivity index (χ2n) is 9.36. The first kappa shape index (κ1) is 27.1. The van der Waals surface area contributed by atoms with Crippen molar-refractivity contribution in [1.29, 1.82) is 0 Å². The van der Waals surface area contributed by atoms with E-state index >= 15 is 0 Å². The summed E-state index contributed by atoms with van der Waals surface area (Å²) >= 11 is 18.5. The Morgan fingerprint density at radius 3 is 2.59 bits per heavy atom. The molecule has 1 amide bonds. The van der Waals surface area contributed by atoms with Crippen LogP contribution in [0, 0.1) is 19.7 Å². The van der Waals surface area contributed by atoms with Gasteiger partial charge in [0, 0.05) is 35.6 Å². The normalized spacial score (nSPS) is 16.8. The molecule has 3 heterocycles. The third-order valence-electron chi connectivity index (χ3n) is 6.87. The molecule has 2 atom stereocenters. The van der Waals surface area contributed by atoms with Crippen LogP contribution >= 0.6 is 35.4 Å². The van der Waals surface area contributed by atoms with E-state index in [0.717, 1.165) is 28.3 Å². The molecule has 0 spiro atoms. The third-order valence-corrected chi connectivity index (χ3v) is 7.76. The maximum atomic E-state index is 14.1. The lowest BCUT2D eigenvalue weighted by molar-refractivity contribution is -0.116. The Morgan fingerprint density at radius 1 is 1.10 bits per heavy atom. The van der Waals surface area contributed by atoms with E-state index in [1.165, 1.54) is 12.1 Å². The number of halogens is 3. The van der Waals surface area contributed by atoms with Gasteiger partial charge in [0.2, 0.25) is 5.91 Å². The van der Waals surface area contributed by atoms with E-state index in [2.05, 4.69) is 26.3 Å². The molecular weight excluding hydrogens is 556 g/mol. The molecule has 2 unspecified atom stereocenters. The molecule has 2 aromatic carbocycles. The molecule has 200 valence electrons. The van der Waals surface area contributed by atoms with Crippen LogP contribution in [-0.2, 0) is 4.79 Å². The van der Waals surface area contributed by atoms with Crippen LogP contribution in [0.5, 0.6) is 0 Å². The van der Waals surface area contributed by atoms with Crippen molar-refractivity contribution in [3.05, 3.63) is 111 Å². The van der Waals surface area contributed by atoms with Crippen LogP contribution < -0.4 is 10.6 Å². The summed E-state index contributed by atoms with van der Waals surface area (Å²) in [5, 5.41) is 7.69. The Bertz CT molecular complexity index is 1540. The summed E-state index contributed by atoms with van der Waals surface area (Å²) in [5.41, 5.74) is 4.79. The van der Waals surface area contributed by atoms with E-state index < -0.39 is 5.82 Å². The number of anilines is 1. The lowest BCUT2D eigenvalue weighted by atomic mass is 9.96. The molecule has 2 aromatic heterocycles. The Morgan fingerprint density at radius 2 is 1.87 bits per heavy atom. The number of aryl methyl sites for hydroxylation is 1. The molecule has 5 rings (SSSR count). The Balaban J connectivity index is 1.49. The fourth-order valence-corrected chi connectivity index (χ4v) is 5.93. The third kappa shape index (κ3) is 5.50. The van der Waals surface area contributed by atoms with Crippen LogP contribution in [0.2, 0.25) is 10.0 Å². The number of nitrogens with zero attached hydrogens (tertiary/aromatic N) is 3. The Kier molecular flexibility index (Phi) is 7.88. The van der Waals surface area contributed by atoms with Gasteiger partial charge in [-0.15, -0.1) is 0 Å². The summed E-state index contributed by atoms with van der Waals surface area (Å²) < 4.78 is 16.2. The molecule has 1 aliphatic rings. The fourth-order valence-electron chi connectivity index (χ4n) is 5.10. The first-order valence-corrected chi connectivity index (χ1v) is 13.6. The second-order valence-corrected chi connectivity index (χ2v) is 10.6. The van der Waals surface area contributed by atoms with Gasteiger partial charge in [-0.2, -0.15) is 0 Å². The van der Waals surface area contributed by atoms with Crippen molar-refractivity contribution in [2.75, 3.05) is 11.9 Å². The largest absolute Gasteiger partial charge is 0.352 e. The molecule has 4 aromatic rings. The Labute approximate surface area is 241 Å². The van der Waals surface area contributed by atoms with Crippen LogP contribution in [0.25, 0.3) is 5.69 Å². The van der Waals surface area contributed by atoms with Crippen molar-refractivity contribution in [3.8, 4) is 5.69 Å². The predicted octanol–water partition coefficient (Wildman–Crippen LogP) is 6.94. The average molecular weight is 583 g/mol. The molecule has 0 aliphatic carbocycles. The maximum absolute atomic E-state index is 14.1. The number of hydrogen-bond donors (Lipinski definition) is 2. The molecule has 2 N–H and O–H groups in total. The molecule has 1 fully saturated rings. The predicted molar refractivity (Wildman–Crippen MR) is 157 cm³/mol. The van der Waals surface area contributed by atoms with Crippen LogP contribution in [-0.4, -0.2) is 32.0 Å². The van der Waals surface area contributed by atoms with Crippen LogP contribution in [0.3, 0.4) is 0 Å². The zero-order valence-electron chi connectivity index (χ0n) is 21.3. The fraction of sp³-hybridized carbons (Fsp3) is 0.207. The van der Waals surface area contributed by atoms with Gasteiger partial charge < -0.3 is 20.1 Å². The van der Waals surface area contributed by atoms with E-state index in [-0.39, 0.29) is 30.1 Å². The van der Waals surface area contributed by atoms with Gasteiger partial charge in [0.25, 0.3) is 0 Å². The number of amides is 1. The summed E-state index contributed by atoms with van der Waals surface area (Å²) in [5.74, 6) is -0.785. The van der Waals surface area contributed by atoms with Gasteiger partial charge in [-0.05, 0) is 80.2 Å². The maximum Gasteiger partial charge on any atom is 0.226 e. The minimum absolute atomic E-state index is 0.114. The van der Waals surface area contributed by atoms with Crippen molar-refractivity contribution in [2.45, 2.75) is 32.4 Å². The zero-order valence-corrected chi connectivity index (χ0v) is 23.6. The van der Waals surface area contributed by atoms with Crippen molar-refractivity contribution in [3.63, 3.8) is 0 Å². The summed E-state index contributed by atoms with van der Waals surface area (Å²) in [6, 6.07) is 18.9. The van der Waals surface area contributed by atoms with Crippen molar-refractivity contribution in [1.82, 2.24) is 19.8 Å². The molecule has 10 heteroatoms. The number of aromatic nitrogens is 2. The van der Waals surface area contributed by atoms with Gasteiger partial charge in [-0.25, -0.2) is 4.39 Å². The first-order chi connectivity index (χ1) is 18.7. The molecule has 6 nitrogen and oxygen atoms in total. The number of carbonyl (C=O) groups is 1. The second kappa shape index (κ2) is 11.3. The summed E-state index contributed by atoms with van der Waals surface area (Å²) in [4.78, 5) is 19.4. The van der Waals surface area contributed by atoms with E-state index in [0.29, 0.717) is 21.7 Å². The minimum atomic E-state index is -0.481. The van der Waals surface area contributed by atoms with Crippen molar-refractivity contribution in [2.24, 2.45) is 0 Å². The van der Waals surface area contributed by atoms with Crippen LogP contribution in [0.1, 0.15) is 41.1 Å². The topological polar surface area (TPSA) is 62.2 Å². The summed E-state index contributed by atoms with van der Waals surface area (Å²) in [6.07, 6.45) is 1.86. The van der Waals surface area contributed by atoms with Gasteiger partial charge in [-0.1, -0.05) is 41.4 Å². The SMILES string of the molecule is Cc1cc(C2C(c3ccccn3)NC(=S)N2CCC(=O)Nc2ccccc2F)c(C)n1-c1ccc(Cl)cc1Cl. The number of thiocarbonyl (C=S) groups is 1. The highest BCUT2D eigenvalue weighted by molar-refractivity contribution is 7.80. The van der Waals surface area contributed by atoms with Gasteiger partial charge in [0.05, 0.1) is 34.2 Å². The average Bonchev–Trinajstić information content (AvgIpc) is 3.39. The highest BCUT2D eigenvalue weighted by atomic mass is 35.5. The highest BCUT2D eigenvalue weighted by Gasteiger charge is 2.41. The minimum Gasteiger partial charge on any atom is -0.352 e. The number of pyridine rings is 1. The van der Waals surface area contributed by atoms with E-state index in [1.807, 2.05) is 49.1 Å². The number of para-hydroxylation sites is 1. The number of nitrogens with one attached hydrogen (secondary N) is 2. The van der Waals surface area contributed by atoms with Crippen LogP contribution in [0.15, 0.2) is 72.9 Å². The monoisotopic (exact) mass is 581 g/mol. The van der Waals surface area contributed by atoms with Crippen molar-refractivity contribution < 1.29 is 9.18 Å². The standard InChI is InChI=1S/C29H26Cl2FN5OS/c1-17-15-20(18(2)37(17)25-11-10-19(30)16-21(25)31)28-27(24-9-5-6-13-33-24)35-29(39)36(28)14-12-26(38)34-23-8-4-3-7-22(23)32/h3-11,13,15-16,27-28H,12,14H2,1-2H3,(H,34,38)(H,35,39). The quantitative estimate of drug-likeness (QED) is 0.231. The summed E-state index contributed by atoms with van der Waals surface area (Å²) in [7, 11) is 0. The molecule has 0 bridgehead atoms. The van der Waals surface area contributed by atoms with Crippen LogP contribution in [0.4, 0.5) is 10.1 Å². The number of hydrogen-bond acceptors (Lipinski definition) is 3. The van der Waals surface area contributed by atoms with E-state index in [1.54, 1.807) is 24.4 Å². The Hall–Kier alpha value is -3.46. The highest BCUT2D eigenvalue weighted by Crippen LogP contribution is 2.42. The number of benzene rings is 2. The molecule has 0 radical (unpaired) electrons. The number of carbonyl (C=O) groups excluding carboxylic acids is 1.